The number of phenolic OH excluding ortho intramolecular Hbond substituents is 1. The number of phenols is 1. The summed E-state index contributed by atoms with van der Waals surface area (Å²) in [4.78, 5) is 59.4. The van der Waals surface area contributed by atoms with Crippen LogP contribution in [0.3, 0.4) is 0 Å². The molecule has 0 spiro atoms. The van der Waals surface area contributed by atoms with E-state index in [1.54, 1.807) is 36.4 Å². The second-order valence-electron chi connectivity index (χ2n) is 9.91. The number of benzene rings is 2. The zero-order valence-electron chi connectivity index (χ0n) is 23.9. The van der Waals surface area contributed by atoms with Crippen molar-refractivity contribution < 1.29 is 39.4 Å². The zero-order valence-corrected chi connectivity index (χ0v) is 23.9. The normalized spacial score (nSPS) is 12.5. The van der Waals surface area contributed by atoms with Crippen molar-refractivity contribution in [3.05, 3.63) is 90.0 Å². The zero-order chi connectivity index (χ0) is 31.8. The van der Waals surface area contributed by atoms with Gasteiger partial charge < -0.3 is 36.2 Å². The Morgan fingerprint density at radius 2 is 1.33 bits per heavy atom. The fourth-order valence-electron chi connectivity index (χ4n) is 4.02. The van der Waals surface area contributed by atoms with Crippen LogP contribution in [0.2, 0.25) is 0 Å². The molecule has 3 amide bonds. The first-order valence-electron chi connectivity index (χ1n) is 13.5. The predicted molar refractivity (Wildman–Crippen MR) is 158 cm³/mol. The number of carboxylic acid groups (broad SMARTS) is 1. The molecule has 7 N–H and O–H groups in total. The SMILES string of the molecule is CC(C)C[C@H](NC(=O)[C@H](Cc1ccc(O)cc1)NC(=O)[C@H](Cc1ccccc1)NC(=O)c1cnccn1)C(=O)O.OBO. The Bertz CT molecular complexity index is 1310. The Kier molecular flexibility index (Phi) is 14.3. The molecule has 228 valence electrons. The van der Waals surface area contributed by atoms with E-state index in [0.717, 1.165) is 5.56 Å². The minimum absolute atomic E-state index is 0.00177. The van der Waals surface area contributed by atoms with Gasteiger partial charge in [0.2, 0.25) is 11.8 Å². The van der Waals surface area contributed by atoms with Crippen LogP contribution in [0.15, 0.2) is 73.2 Å². The quantitative estimate of drug-likeness (QED) is 0.133. The Balaban J connectivity index is 0.00000206. The van der Waals surface area contributed by atoms with E-state index in [1.165, 1.54) is 30.7 Å². The third-order valence-electron chi connectivity index (χ3n) is 6.03. The smallest absolute Gasteiger partial charge is 0.432 e. The maximum absolute atomic E-state index is 13.6. The molecule has 1 heterocycles. The molecule has 2 aromatic carbocycles. The molecule has 0 fully saturated rings. The highest BCUT2D eigenvalue weighted by atomic mass is 16.4. The molecule has 0 aliphatic carbocycles. The van der Waals surface area contributed by atoms with Gasteiger partial charge in [0.25, 0.3) is 5.91 Å². The molecule has 0 saturated heterocycles. The summed E-state index contributed by atoms with van der Waals surface area (Å²) in [5, 5.41) is 41.4. The number of hydrogen-bond acceptors (Lipinski definition) is 9. The molecule has 0 saturated carbocycles. The first-order valence-corrected chi connectivity index (χ1v) is 13.5. The number of aromatic nitrogens is 2. The second-order valence-corrected chi connectivity index (χ2v) is 9.91. The number of carbonyl (C=O) groups excluding carboxylic acids is 3. The number of amides is 3. The number of nitrogens with one attached hydrogen (secondary N) is 3. The number of aromatic hydroxyl groups is 1. The summed E-state index contributed by atoms with van der Waals surface area (Å²) < 4.78 is 0. The summed E-state index contributed by atoms with van der Waals surface area (Å²) in [6, 6.07) is 11.7. The van der Waals surface area contributed by atoms with E-state index in [4.69, 9.17) is 10.0 Å². The highest BCUT2D eigenvalue weighted by Crippen LogP contribution is 2.13. The lowest BCUT2D eigenvalue weighted by atomic mass is 10.0. The lowest BCUT2D eigenvalue weighted by Crippen LogP contribution is -2.57. The highest BCUT2D eigenvalue weighted by molar-refractivity contribution is 6.13. The average Bonchev–Trinajstić information content (AvgIpc) is 2.98. The summed E-state index contributed by atoms with van der Waals surface area (Å²) in [6.07, 6.45) is 4.39. The van der Waals surface area contributed by atoms with Crippen LogP contribution < -0.4 is 16.0 Å². The number of hydrogen-bond donors (Lipinski definition) is 7. The molecule has 0 aliphatic heterocycles. The van der Waals surface area contributed by atoms with Crippen molar-refractivity contribution in [1.29, 1.82) is 0 Å². The van der Waals surface area contributed by atoms with Gasteiger partial charge in [0, 0.05) is 25.2 Å². The van der Waals surface area contributed by atoms with Crippen LogP contribution in [-0.2, 0) is 27.2 Å². The van der Waals surface area contributed by atoms with Crippen LogP contribution in [0.4, 0.5) is 0 Å². The van der Waals surface area contributed by atoms with Crippen molar-refractivity contribution in [1.82, 2.24) is 25.9 Å². The Morgan fingerprint density at radius 1 is 0.791 bits per heavy atom. The minimum atomic E-state index is -1.19. The summed E-state index contributed by atoms with van der Waals surface area (Å²) in [5.41, 5.74) is 1.41. The van der Waals surface area contributed by atoms with Gasteiger partial charge in [0.15, 0.2) is 0 Å². The summed E-state index contributed by atoms with van der Waals surface area (Å²) >= 11 is 0. The van der Waals surface area contributed by atoms with Gasteiger partial charge in [0.1, 0.15) is 29.6 Å². The summed E-state index contributed by atoms with van der Waals surface area (Å²) in [7, 11) is -0.750. The number of carboxylic acids is 1. The van der Waals surface area contributed by atoms with Crippen LogP contribution in [0, 0.1) is 5.92 Å². The molecule has 1 aromatic heterocycles. The van der Waals surface area contributed by atoms with Gasteiger partial charge in [-0.15, -0.1) is 0 Å². The lowest BCUT2D eigenvalue weighted by Gasteiger charge is -2.25. The fraction of sp³-hybridized carbons (Fsp3) is 0.310. The van der Waals surface area contributed by atoms with E-state index in [0.29, 0.717) is 5.56 Å². The van der Waals surface area contributed by atoms with Crippen molar-refractivity contribution in [2.24, 2.45) is 5.92 Å². The van der Waals surface area contributed by atoms with Crippen molar-refractivity contribution in [2.45, 2.75) is 51.2 Å². The van der Waals surface area contributed by atoms with Crippen LogP contribution in [-0.4, -0.2) is 79.7 Å². The van der Waals surface area contributed by atoms with Gasteiger partial charge in [-0.1, -0.05) is 56.3 Å². The molecular weight excluding hydrogens is 557 g/mol. The average molecular weight is 593 g/mol. The minimum Gasteiger partial charge on any atom is -0.508 e. The van der Waals surface area contributed by atoms with Crippen molar-refractivity contribution in [3.8, 4) is 5.75 Å². The Hall–Kier alpha value is -4.82. The number of rotatable bonds is 13. The molecule has 14 heteroatoms. The first kappa shape index (κ1) is 34.4. The second kappa shape index (κ2) is 17.9. The van der Waals surface area contributed by atoms with Gasteiger partial charge in [-0.05, 0) is 35.6 Å². The highest BCUT2D eigenvalue weighted by Gasteiger charge is 2.30. The van der Waals surface area contributed by atoms with Crippen LogP contribution in [0.5, 0.6) is 5.75 Å². The van der Waals surface area contributed by atoms with E-state index in [1.807, 2.05) is 19.9 Å². The molecule has 3 rings (SSSR count). The van der Waals surface area contributed by atoms with E-state index >= 15 is 0 Å². The Morgan fingerprint density at radius 3 is 1.84 bits per heavy atom. The van der Waals surface area contributed by atoms with Crippen LogP contribution in [0.25, 0.3) is 0 Å². The summed E-state index contributed by atoms with van der Waals surface area (Å²) in [5.74, 6) is -3.10. The van der Waals surface area contributed by atoms with Gasteiger partial charge in [-0.3, -0.25) is 19.4 Å². The maximum Gasteiger partial charge on any atom is 0.432 e. The largest absolute Gasteiger partial charge is 0.508 e. The predicted octanol–water partition coefficient (Wildman–Crippen LogP) is 0.104. The molecule has 3 atom stereocenters. The van der Waals surface area contributed by atoms with Crippen molar-refractivity contribution in [2.75, 3.05) is 0 Å². The number of aliphatic carboxylic acids is 1. The summed E-state index contributed by atoms with van der Waals surface area (Å²) in [6.45, 7) is 3.68. The van der Waals surface area contributed by atoms with Crippen molar-refractivity contribution >= 4 is 31.4 Å². The lowest BCUT2D eigenvalue weighted by molar-refractivity contribution is -0.142. The molecule has 0 radical (unpaired) electrons. The van der Waals surface area contributed by atoms with E-state index in [2.05, 4.69) is 25.9 Å². The molecule has 3 aromatic rings. The maximum atomic E-state index is 13.6. The third-order valence-corrected chi connectivity index (χ3v) is 6.03. The monoisotopic (exact) mass is 593 g/mol. The van der Waals surface area contributed by atoms with E-state index < -0.39 is 49.5 Å². The molecular formula is C29H36BN5O8. The fourth-order valence-corrected chi connectivity index (χ4v) is 4.02. The Labute approximate surface area is 249 Å². The number of carbonyl (C=O) groups is 4. The first-order chi connectivity index (χ1) is 20.5. The van der Waals surface area contributed by atoms with Crippen LogP contribution >= 0.6 is 0 Å². The topological polar surface area (TPSA) is 211 Å². The van der Waals surface area contributed by atoms with Gasteiger partial charge in [-0.25, -0.2) is 9.78 Å². The van der Waals surface area contributed by atoms with Gasteiger partial charge in [0.05, 0.1) is 6.20 Å². The van der Waals surface area contributed by atoms with E-state index in [9.17, 15) is 29.4 Å². The molecule has 0 unspecified atom stereocenters. The van der Waals surface area contributed by atoms with Gasteiger partial charge >= 0.3 is 13.7 Å². The number of nitrogens with zero attached hydrogens (tertiary/aromatic N) is 2. The van der Waals surface area contributed by atoms with Gasteiger partial charge in [-0.2, -0.15) is 0 Å². The van der Waals surface area contributed by atoms with E-state index in [-0.39, 0.29) is 36.6 Å². The standard InChI is InChI=1S/C29H33N5O6.BH3O2/c1-18(2)14-24(29(39)40)34-27(37)23(16-20-8-10-21(35)11-9-20)32-26(36)22(15-19-6-4-3-5-7-19)33-28(38)25-17-30-12-13-31-25;2-1-3/h3-13,17-18,22-24,35H,14-16H2,1-2H3,(H,32,36)(H,33,38)(H,34,37)(H,39,40);1-3H/t22-,23-,24-;/m0./s1. The van der Waals surface area contributed by atoms with Crippen molar-refractivity contribution in [3.63, 3.8) is 0 Å². The molecule has 0 bridgehead atoms. The van der Waals surface area contributed by atoms with Crippen LogP contribution in [0.1, 0.15) is 41.9 Å². The molecule has 43 heavy (non-hydrogen) atoms. The molecule has 13 nitrogen and oxygen atoms in total. The molecule has 0 aliphatic rings. The third kappa shape index (κ3) is 12.3.